The van der Waals surface area contributed by atoms with Crippen LogP contribution in [0, 0.1) is 5.92 Å². The quantitative estimate of drug-likeness (QED) is 0.417. The normalized spacial score (nSPS) is 18.1. The van der Waals surface area contributed by atoms with Crippen molar-refractivity contribution in [2.75, 3.05) is 20.3 Å². The first-order valence-electron chi connectivity index (χ1n) is 5.29. The van der Waals surface area contributed by atoms with E-state index in [4.69, 9.17) is 10.6 Å². The summed E-state index contributed by atoms with van der Waals surface area (Å²) in [5.41, 5.74) is 0. The number of nitrogens with zero attached hydrogens (tertiary/aromatic N) is 1. The van der Waals surface area contributed by atoms with Gasteiger partial charge >= 0.3 is 0 Å². The zero-order valence-electron chi connectivity index (χ0n) is 8.87. The van der Waals surface area contributed by atoms with Gasteiger partial charge < -0.3 is 4.74 Å². The van der Waals surface area contributed by atoms with Crippen LogP contribution in [0.2, 0.25) is 0 Å². The highest BCUT2D eigenvalue weighted by Crippen LogP contribution is 2.20. The van der Waals surface area contributed by atoms with E-state index in [1.807, 2.05) is 0 Å². The molecule has 2 N–H and O–H groups in total. The zero-order chi connectivity index (χ0) is 10.4. The van der Waals surface area contributed by atoms with Crippen LogP contribution in [0.5, 0.6) is 0 Å². The van der Waals surface area contributed by atoms with E-state index in [1.165, 1.54) is 5.01 Å². The molecule has 1 aliphatic heterocycles. The van der Waals surface area contributed by atoms with Gasteiger partial charge in [0.05, 0.1) is 0 Å². The Hall–Kier alpha value is -0.610. The first-order valence-corrected chi connectivity index (χ1v) is 5.29. The fraction of sp³-hybridized carbons (Fsp3) is 0.900. The van der Waals surface area contributed by atoms with Crippen LogP contribution in [-0.2, 0) is 9.53 Å². The lowest BCUT2D eigenvalue weighted by Gasteiger charge is -2.21. The topological polar surface area (TPSA) is 55.6 Å². The predicted octanol–water partition coefficient (Wildman–Crippen LogP) is 0.915. The van der Waals surface area contributed by atoms with Gasteiger partial charge in [-0.2, -0.15) is 0 Å². The monoisotopic (exact) mass is 200 g/mol. The van der Waals surface area contributed by atoms with Crippen molar-refractivity contribution in [2.24, 2.45) is 11.8 Å². The number of hydrogen-bond donors (Lipinski definition) is 1. The highest BCUT2D eigenvalue weighted by Gasteiger charge is 2.14. The van der Waals surface area contributed by atoms with Crippen LogP contribution in [0.3, 0.4) is 0 Å². The van der Waals surface area contributed by atoms with Crippen molar-refractivity contribution in [2.45, 2.75) is 32.1 Å². The Bertz CT molecular complexity index is 177. The number of hydrazine groups is 1. The zero-order valence-corrected chi connectivity index (χ0v) is 8.87. The van der Waals surface area contributed by atoms with Gasteiger partial charge in [-0.3, -0.25) is 9.80 Å². The SMILES string of the molecule is CN(N)C(=O)CCCC1CCOCC1. The summed E-state index contributed by atoms with van der Waals surface area (Å²) >= 11 is 0. The van der Waals surface area contributed by atoms with Crippen molar-refractivity contribution < 1.29 is 9.53 Å². The van der Waals surface area contributed by atoms with Crippen molar-refractivity contribution in [1.82, 2.24) is 5.01 Å². The summed E-state index contributed by atoms with van der Waals surface area (Å²) in [6, 6.07) is 0. The highest BCUT2D eigenvalue weighted by molar-refractivity contribution is 5.75. The molecule has 0 bridgehead atoms. The summed E-state index contributed by atoms with van der Waals surface area (Å²) in [5.74, 6) is 6.09. The Morgan fingerprint density at radius 1 is 1.50 bits per heavy atom. The molecule has 0 unspecified atom stereocenters. The van der Waals surface area contributed by atoms with Crippen LogP contribution in [0.25, 0.3) is 0 Å². The van der Waals surface area contributed by atoms with Crippen molar-refractivity contribution in [3.05, 3.63) is 0 Å². The second-order valence-electron chi connectivity index (χ2n) is 3.95. The van der Waals surface area contributed by atoms with Crippen molar-refractivity contribution in [1.29, 1.82) is 0 Å². The molecule has 0 aromatic heterocycles. The molecule has 82 valence electrons. The van der Waals surface area contributed by atoms with Crippen LogP contribution in [0.15, 0.2) is 0 Å². The molecule has 14 heavy (non-hydrogen) atoms. The lowest BCUT2D eigenvalue weighted by Crippen LogP contribution is -2.32. The molecular formula is C10H20N2O2. The molecule has 0 aromatic carbocycles. The Morgan fingerprint density at radius 3 is 2.71 bits per heavy atom. The second kappa shape index (κ2) is 5.98. The Balaban J connectivity index is 2.05. The molecule has 1 aliphatic rings. The molecule has 0 radical (unpaired) electrons. The summed E-state index contributed by atoms with van der Waals surface area (Å²) in [6.07, 6.45) is 4.94. The molecule has 0 spiro atoms. The first-order chi connectivity index (χ1) is 6.70. The molecule has 0 aromatic rings. The minimum atomic E-state index is 0.0251. The third-order valence-corrected chi connectivity index (χ3v) is 2.74. The number of rotatable bonds is 4. The molecule has 0 aliphatic carbocycles. The van der Waals surface area contributed by atoms with E-state index in [1.54, 1.807) is 7.05 Å². The molecule has 1 saturated heterocycles. The molecule has 1 amide bonds. The van der Waals surface area contributed by atoms with Crippen LogP contribution in [-0.4, -0.2) is 31.2 Å². The molecule has 4 nitrogen and oxygen atoms in total. The van der Waals surface area contributed by atoms with Crippen molar-refractivity contribution >= 4 is 5.91 Å². The minimum Gasteiger partial charge on any atom is -0.381 e. The number of carbonyl (C=O) groups is 1. The van der Waals surface area contributed by atoms with E-state index >= 15 is 0 Å². The second-order valence-corrected chi connectivity index (χ2v) is 3.95. The maximum Gasteiger partial charge on any atom is 0.236 e. The molecule has 1 heterocycles. The van der Waals surface area contributed by atoms with Gasteiger partial charge in [0.25, 0.3) is 0 Å². The summed E-state index contributed by atoms with van der Waals surface area (Å²) in [6.45, 7) is 1.77. The molecule has 4 heteroatoms. The average Bonchev–Trinajstić information content (AvgIpc) is 2.19. The van der Waals surface area contributed by atoms with Gasteiger partial charge in [-0.25, -0.2) is 5.84 Å². The minimum absolute atomic E-state index is 0.0251. The molecule has 0 atom stereocenters. The summed E-state index contributed by atoms with van der Waals surface area (Å²) < 4.78 is 5.27. The van der Waals surface area contributed by atoms with Gasteiger partial charge in [-0.05, 0) is 31.6 Å². The lowest BCUT2D eigenvalue weighted by atomic mass is 9.94. The molecule has 0 saturated carbocycles. The fourth-order valence-electron chi connectivity index (χ4n) is 1.75. The molecule has 1 fully saturated rings. The molecule has 1 rings (SSSR count). The van der Waals surface area contributed by atoms with E-state index < -0.39 is 0 Å². The third-order valence-electron chi connectivity index (χ3n) is 2.74. The number of nitrogens with two attached hydrogens (primary N) is 1. The number of hydrogen-bond acceptors (Lipinski definition) is 3. The standard InChI is InChI=1S/C10H20N2O2/c1-12(11)10(13)4-2-3-9-5-7-14-8-6-9/h9H,2-8,11H2,1H3. The van der Waals surface area contributed by atoms with Crippen LogP contribution >= 0.6 is 0 Å². The van der Waals surface area contributed by atoms with Crippen LogP contribution in [0.1, 0.15) is 32.1 Å². The number of carbonyl (C=O) groups excluding carboxylic acids is 1. The third kappa shape index (κ3) is 4.07. The van der Waals surface area contributed by atoms with Crippen molar-refractivity contribution in [3.8, 4) is 0 Å². The summed E-state index contributed by atoms with van der Waals surface area (Å²) in [7, 11) is 1.59. The van der Waals surface area contributed by atoms with E-state index in [-0.39, 0.29) is 5.91 Å². The fourth-order valence-corrected chi connectivity index (χ4v) is 1.75. The summed E-state index contributed by atoms with van der Waals surface area (Å²) in [5, 5.41) is 1.17. The average molecular weight is 200 g/mol. The maximum atomic E-state index is 11.2. The van der Waals surface area contributed by atoms with Crippen LogP contribution in [0.4, 0.5) is 0 Å². The predicted molar refractivity (Wildman–Crippen MR) is 54.4 cm³/mol. The molecular weight excluding hydrogens is 180 g/mol. The smallest absolute Gasteiger partial charge is 0.236 e. The van der Waals surface area contributed by atoms with Gasteiger partial charge in [0, 0.05) is 26.7 Å². The van der Waals surface area contributed by atoms with E-state index in [9.17, 15) is 4.79 Å². The highest BCUT2D eigenvalue weighted by atomic mass is 16.5. The van der Waals surface area contributed by atoms with Gasteiger partial charge in [-0.15, -0.1) is 0 Å². The van der Waals surface area contributed by atoms with E-state index in [0.29, 0.717) is 6.42 Å². The largest absolute Gasteiger partial charge is 0.381 e. The number of amides is 1. The van der Waals surface area contributed by atoms with Gasteiger partial charge in [-0.1, -0.05) is 0 Å². The first kappa shape index (κ1) is 11.5. The van der Waals surface area contributed by atoms with Crippen molar-refractivity contribution in [3.63, 3.8) is 0 Å². The van der Waals surface area contributed by atoms with E-state index in [0.717, 1.165) is 44.8 Å². The van der Waals surface area contributed by atoms with Crippen LogP contribution < -0.4 is 5.84 Å². The van der Waals surface area contributed by atoms with Gasteiger partial charge in [0.15, 0.2) is 0 Å². The Labute approximate surface area is 85.4 Å². The van der Waals surface area contributed by atoms with E-state index in [2.05, 4.69) is 0 Å². The maximum absolute atomic E-state index is 11.2. The Kier molecular flexibility index (Phi) is 4.90. The van der Waals surface area contributed by atoms with Gasteiger partial charge in [0.1, 0.15) is 0 Å². The number of ether oxygens (including phenoxy) is 1. The van der Waals surface area contributed by atoms with Gasteiger partial charge in [0.2, 0.25) is 5.91 Å². The lowest BCUT2D eigenvalue weighted by molar-refractivity contribution is -0.130. The summed E-state index contributed by atoms with van der Waals surface area (Å²) in [4.78, 5) is 11.2. The Morgan fingerprint density at radius 2 is 2.14 bits per heavy atom.